The highest BCUT2D eigenvalue weighted by molar-refractivity contribution is 5.95. The monoisotopic (exact) mass is 204 g/mol. The van der Waals surface area contributed by atoms with Crippen molar-refractivity contribution < 1.29 is 14.3 Å². The van der Waals surface area contributed by atoms with Crippen molar-refractivity contribution in [1.29, 1.82) is 0 Å². The van der Waals surface area contributed by atoms with E-state index in [1.807, 2.05) is 12.2 Å². The highest BCUT2D eigenvalue weighted by Gasteiger charge is 2.15. The average Bonchev–Trinajstić information content (AvgIpc) is 2.31. The predicted molar refractivity (Wildman–Crippen MR) is 55.5 cm³/mol. The third-order valence-corrected chi connectivity index (χ3v) is 2.27. The molecule has 0 bridgehead atoms. The minimum atomic E-state index is -0.0408. The normalized spacial score (nSPS) is 18.7. The van der Waals surface area contributed by atoms with Gasteiger partial charge >= 0.3 is 0 Å². The molecule has 0 amide bonds. The Morgan fingerprint density at radius 2 is 2.33 bits per heavy atom. The molecule has 3 nitrogen and oxygen atoms in total. The summed E-state index contributed by atoms with van der Waals surface area (Å²) in [6.45, 7) is 0. The Morgan fingerprint density at radius 1 is 1.40 bits per heavy atom. The first-order valence-corrected chi connectivity index (χ1v) is 4.91. The molecule has 0 aromatic carbocycles. The standard InChI is InChI=1S/C12H12O3/c13-11(12-9-14-6-7-15-12)8-10-4-2-1-3-5-10/h1-2,4,6-7,9H,3,5,8H2. The molecule has 1 heterocycles. The van der Waals surface area contributed by atoms with Gasteiger partial charge in [0.2, 0.25) is 11.5 Å². The number of carbonyl (C=O) groups is 1. The Balaban J connectivity index is 1.94. The molecule has 0 saturated carbocycles. The van der Waals surface area contributed by atoms with Gasteiger partial charge in [-0.25, -0.2) is 0 Å². The van der Waals surface area contributed by atoms with Crippen LogP contribution in [0.15, 0.2) is 48.3 Å². The lowest BCUT2D eigenvalue weighted by molar-refractivity contribution is -0.117. The Bertz CT molecular complexity index is 372. The molecular weight excluding hydrogens is 192 g/mol. The first-order chi connectivity index (χ1) is 7.36. The van der Waals surface area contributed by atoms with Gasteiger partial charge in [0.15, 0.2) is 0 Å². The summed E-state index contributed by atoms with van der Waals surface area (Å²) in [6.07, 6.45) is 12.5. The van der Waals surface area contributed by atoms with Crippen LogP contribution in [-0.2, 0) is 14.3 Å². The van der Waals surface area contributed by atoms with Crippen molar-refractivity contribution in [3.63, 3.8) is 0 Å². The second kappa shape index (κ2) is 4.64. The minimum absolute atomic E-state index is 0.0408. The van der Waals surface area contributed by atoms with Gasteiger partial charge in [-0.05, 0) is 12.8 Å². The molecule has 0 N–H and O–H groups in total. The number of rotatable bonds is 3. The van der Waals surface area contributed by atoms with Crippen LogP contribution in [0.5, 0.6) is 0 Å². The van der Waals surface area contributed by atoms with Gasteiger partial charge in [-0.3, -0.25) is 4.79 Å². The lowest BCUT2D eigenvalue weighted by atomic mass is 9.99. The van der Waals surface area contributed by atoms with Gasteiger partial charge in [0, 0.05) is 6.42 Å². The summed E-state index contributed by atoms with van der Waals surface area (Å²) < 4.78 is 9.91. The van der Waals surface area contributed by atoms with E-state index in [-0.39, 0.29) is 11.5 Å². The van der Waals surface area contributed by atoms with E-state index in [4.69, 9.17) is 9.47 Å². The molecule has 0 aromatic rings. The summed E-state index contributed by atoms with van der Waals surface area (Å²) in [4.78, 5) is 11.7. The Kier molecular flexibility index (Phi) is 3.02. The van der Waals surface area contributed by atoms with Crippen molar-refractivity contribution in [3.05, 3.63) is 48.3 Å². The Labute approximate surface area is 88.4 Å². The summed E-state index contributed by atoms with van der Waals surface area (Å²) in [6, 6.07) is 0. The molecule has 0 fully saturated rings. The molecule has 2 aliphatic rings. The van der Waals surface area contributed by atoms with Crippen molar-refractivity contribution in [2.45, 2.75) is 19.3 Å². The molecule has 15 heavy (non-hydrogen) atoms. The quantitative estimate of drug-likeness (QED) is 0.708. The number of carbonyl (C=O) groups excluding carboxylic acids is 1. The molecule has 1 aliphatic heterocycles. The fourth-order valence-electron chi connectivity index (χ4n) is 1.49. The number of allylic oxidation sites excluding steroid dienone is 5. The van der Waals surface area contributed by atoms with E-state index in [2.05, 4.69) is 6.08 Å². The highest BCUT2D eigenvalue weighted by atomic mass is 16.5. The number of ketones is 1. The van der Waals surface area contributed by atoms with Gasteiger partial charge in [-0.2, -0.15) is 0 Å². The van der Waals surface area contributed by atoms with Gasteiger partial charge < -0.3 is 9.47 Å². The number of Topliss-reactive ketones (excluding diaryl/α,β-unsaturated/α-hetero) is 1. The Hall–Kier alpha value is -1.77. The van der Waals surface area contributed by atoms with Crippen molar-refractivity contribution in [2.75, 3.05) is 0 Å². The van der Waals surface area contributed by atoms with Crippen LogP contribution in [0.25, 0.3) is 0 Å². The first kappa shape index (κ1) is 9.77. The van der Waals surface area contributed by atoms with Crippen LogP contribution < -0.4 is 0 Å². The molecule has 0 spiro atoms. The number of hydrogen-bond acceptors (Lipinski definition) is 3. The van der Waals surface area contributed by atoms with Crippen LogP contribution in [0.1, 0.15) is 19.3 Å². The van der Waals surface area contributed by atoms with Gasteiger partial charge in [-0.1, -0.05) is 23.8 Å². The second-order valence-corrected chi connectivity index (χ2v) is 3.40. The molecule has 3 heteroatoms. The number of hydrogen-bond donors (Lipinski definition) is 0. The van der Waals surface area contributed by atoms with Crippen molar-refractivity contribution in [1.82, 2.24) is 0 Å². The van der Waals surface area contributed by atoms with Crippen LogP contribution in [0, 0.1) is 0 Å². The molecular formula is C12H12O3. The maximum Gasteiger partial charge on any atom is 0.205 e. The maximum absolute atomic E-state index is 11.7. The summed E-state index contributed by atoms with van der Waals surface area (Å²) >= 11 is 0. The fraction of sp³-hybridized carbons (Fsp3) is 0.250. The van der Waals surface area contributed by atoms with Gasteiger partial charge in [-0.15, -0.1) is 0 Å². The van der Waals surface area contributed by atoms with E-state index >= 15 is 0 Å². The molecule has 0 aromatic heterocycles. The third kappa shape index (κ3) is 2.59. The average molecular weight is 204 g/mol. The van der Waals surface area contributed by atoms with E-state index in [1.165, 1.54) is 18.8 Å². The van der Waals surface area contributed by atoms with Crippen LogP contribution in [-0.4, -0.2) is 5.78 Å². The van der Waals surface area contributed by atoms with Crippen LogP contribution in [0.3, 0.4) is 0 Å². The molecule has 1 aliphatic carbocycles. The maximum atomic E-state index is 11.7. The van der Waals surface area contributed by atoms with Crippen LogP contribution in [0.4, 0.5) is 0 Å². The summed E-state index contributed by atoms with van der Waals surface area (Å²) in [5.74, 6) is 0.230. The molecule has 0 radical (unpaired) electrons. The molecule has 0 atom stereocenters. The van der Waals surface area contributed by atoms with Crippen molar-refractivity contribution in [3.8, 4) is 0 Å². The van der Waals surface area contributed by atoms with E-state index in [9.17, 15) is 4.79 Å². The number of ether oxygens (including phenoxy) is 2. The van der Waals surface area contributed by atoms with Crippen LogP contribution >= 0.6 is 0 Å². The van der Waals surface area contributed by atoms with E-state index in [0.29, 0.717) is 6.42 Å². The van der Waals surface area contributed by atoms with Crippen molar-refractivity contribution >= 4 is 5.78 Å². The smallest absolute Gasteiger partial charge is 0.205 e. The highest BCUT2D eigenvalue weighted by Crippen LogP contribution is 2.19. The molecule has 0 unspecified atom stereocenters. The van der Waals surface area contributed by atoms with Gasteiger partial charge in [0.25, 0.3) is 0 Å². The summed E-state index contributed by atoms with van der Waals surface area (Å²) in [5, 5.41) is 0. The fourth-order valence-corrected chi connectivity index (χ4v) is 1.49. The Morgan fingerprint density at radius 3 is 3.00 bits per heavy atom. The zero-order valence-corrected chi connectivity index (χ0v) is 8.31. The molecule has 2 rings (SSSR count). The first-order valence-electron chi connectivity index (χ1n) is 4.91. The third-order valence-electron chi connectivity index (χ3n) is 2.27. The minimum Gasteiger partial charge on any atom is -0.465 e. The lowest BCUT2D eigenvalue weighted by Gasteiger charge is -2.11. The SMILES string of the molecule is O=C(CC1=CC=CCC1)C1=COC=CO1. The van der Waals surface area contributed by atoms with Gasteiger partial charge in [0.05, 0.1) is 0 Å². The topological polar surface area (TPSA) is 35.5 Å². The van der Waals surface area contributed by atoms with Crippen LogP contribution in [0.2, 0.25) is 0 Å². The van der Waals surface area contributed by atoms with E-state index in [1.54, 1.807) is 0 Å². The molecule has 78 valence electrons. The molecule has 0 saturated heterocycles. The zero-order chi connectivity index (χ0) is 10.5. The largest absolute Gasteiger partial charge is 0.465 e. The summed E-state index contributed by atoms with van der Waals surface area (Å²) in [7, 11) is 0. The van der Waals surface area contributed by atoms with Gasteiger partial charge in [0.1, 0.15) is 18.8 Å². The van der Waals surface area contributed by atoms with E-state index < -0.39 is 0 Å². The predicted octanol–water partition coefficient (Wildman–Crippen LogP) is 2.58. The lowest BCUT2D eigenvalue weighted by Crippen LogP contribution is -2.08. The van der Waals surface area contributed by atoms with Crippen molar-refractivity contribution in [2.24, 2.45) is 0 Å². The summed E-state index contributed by atoms with van der Waals surface area (Å²) in [5.41, 5.74) is 1.14. The second-order valence-electron chi connectivity index (χ2n) is 3.40. The van der Waals surface area contributed by atoms with E-state index in [0.717, 1.165) is 18.4 Å². The zero-order valence-electron chi connectivity index (χ0n) is 8.31.